The molecule has 0 fully saturated rings. The monoisotopic (exact) mass is 452 g/mol. The molecule has 8 heteroatoms. The van der Waals surface area contributed by atoms with Crippen LogP contribution in [0.4, 0.5) is 0 Å². The number of nitrogens with zero attached hydrogens (tertiary/aromatic N) is 2. The Morgan fingerprint density at radius 2 is 1.97 bits per heavy atom. The topological polar surface area (TPSA) is 94.7 Å². The van der Waals surface area contributed by atoms with Gasteiger partial charge in [0.15, 0.2) is 11.7 Å². The molecule has 4 aromatic rings. The minimum atomic E-state index is -1.09. The van der Waals surface area contributed by atoms with E-state index in [9.17, 15) is 4.79 Å². The zero-order valence-corrected chi connectivity index (χ0v) is 18.3. The SMILES string of the molecule is CCCc1nc(Oc2ccccc2)ccc1-c1noc2cc(Cl)c(O[C@@H](C)C(=O)O)cc12. The molecule has 0 radical (unpaired) electrons. The van der Waals surface area contributed by atoms with E-state index in [-0.39, 0.29) is 10.8 Å². The zero-order valence-electron chi connectivity index (χ0n) is 17.5. The fraction of sp³-hybridized carbons (Fsp3) is 0.208. The van der Waals surface area contributed by atoms with Crippen LogP contribution in [0.3, 0.4) is 0 Å². The molecule has 0 amide bonds. The second-order valence-electron chi connectivity index (χ2n) is 7.22. The average Bonchev–Trinajstić information content (AvgIpc) is 3.17. The molecule has 0 saturated carbocycles. The Bertz CT molecular complexity index is 1260. The summed E-state index contributed by atoms with van der Waals surface area (Å²) in [5.41, 5.74) is 2.65. The minimum absolute atomic E-state index is 0.242. The lowest BCUT2D eigenvalue weighted by molar-refractivity contribution is -0.144. The fourth-order valence-corrected chi connectivity index (χ4v) is 3.45. The highest BCUT2D eigenvalue weighted by atomic mass is 35.5. The molecule has 2 aromatic carbocycles. The van der Waals surface area contributed by atoms with Crippen molar-refractivity contribution in [2.45, 2.75) is 32.8 Å². The highest BCUT2D eigenvalue weighted by Gasteiger charge is 2.20. The van der Waals surface area contributed by atoms with Gasteiger partial charge in [-0.1, -0.05) is 48.3 Å². The fourth-order valence-electron chi connectivity index (χ4n) is 3.26. The van der Waals surface area contributed by atoms with Crippen LogP contribution in [0.1, 0.15) is 26.0 Å². The maximum atomic E-state index is 11.2. The molecule has 0 saturated heterocycles. The number of pyridine rings is 1. The molecule has 0 aliphatic heterocycles. The largest absolute Gasteiger partial charge is 0.479 e. The van der Waals surface area contributed by atoms with Crippen LogP contribution in [0.15, 0.2) is 59.1 Å². The maximum absolute atomic E-state index is 11.2. The van der Waals surface area contributed by atoms with Crippen LogP contribution in [0.2, 0.25) is 5.02 Å². The van der Waals surface area contributed by atoms with Crippen molar-refractivity contribution in [2.24, 2.45) is 0 Å². The highest BCUT2D eigenvalue weighted by molar-refractivity contribution is 6.32. The van der Waals surface area contributed by atoms with E-state index in [4.69, 9.17) is 35.7 Å². The molecule has 164 valence electrons. The number of halogens is 1. The Morgan fingerprint density at radius 1 is 1.19 bits per heavy atom. The quantitative estimate of drug-likeness (QED) is 0.343. The first-order valence-corrected chi connectivity index (χ1v) is 10.6. The summed E-state index contributed by atoms with van der Waals surface area (Å²) in [6, 6.07) is 16.3. The number of aryl methyl sites for hydroxylation is 1. The first kappa shape index (κ1) is 21.6. The third kappa shape index (κ3) is 4.53. The van der Waals surface area contributed by atoms with Gasteiger partial charge in [-0.15, -0.1) is 0 Å². The first-order chi connectivity index (χ1) is 15.5. The van der Waals surface area contributed by atoms with Gasteiger partial charge in [0.1, 0.15) is 17.2 Å². The van der Waals surface area contributed by atoms with E-state index >= 15 is 0 Å². The second kappa shape index (κ2) is 9.28. The van der Waals surface area contributed by atoms with Gasteiger partial charge in [0.2, 0.25) is 5.88 Å². The molecule has 0 bridgehead atoms. The van der Waals surface area contributed by atoms with Gasteiger partial charge in [0.25, 0.3) is 0 Å². The van der Waals surface area contributed by atoms with Gasteiger partial charge in [-0.25, -0.2) is 9.78 Å². The van der Waals surface area contributed by atoms with E-state index in [2.05, 4.69) is 12.1 Å². The smallest absolute Gasteiger partial charge is 0.344 e. The van der Waals surface area contributed by atoms with Gasteiger partial charge in [-0.05, 0) is 37.6 Å². The number of ether oxygens (including phenoxy) is 2. The Labute approximate surface area is 189 Å². The van der Waals surface area contributed by atoms with Crippen molar-refractivity contribution in [3.05, 3.63) is 65.3 Å². The van der Waals surface area contributed by atoms with Crippen LogP contribution >= 0.6 is 11.6 Å². The van der Waals surface area contributed by atoms with Crippen molar-refractivity contribution >= 4 is 28.5 Å². The molecule has 2 heterocycles. The summed E-state index contributed by atoms with van der Waals surface area (Å²) < 4.78 is 16.9. The number of aliphatic carboxylic acids is 1. The lowest BCUT2D eigenvalue weighted by Gasteiger charge is -2.12. The van der Waals surface area contributed by atoms with Crippen molar-refractivity contribution in [1.82, 2.24) is 10.1 Å². The molecule has 2 aromatic heterocycles. The van der Waals surface area contributed by atoms with Gasteiger partial charge in [-0.3, -0.25) is 0 Å². The average molecular weight is 453 g/mol. The normalized spacial score (nSPS) is 12.0. The van der Waals surface area contributed by atoms with Crippen molar-refractivity contribution in [1.29, 1.82) is 0 Å². The predicted octanol–water partition coefficient (Wildman–Crippen LogP) is 6.14. The molecular weight excluding hydrogens is 432 g/mol. The van der Waals surface area contributed by atoms with E-state index in [0.717, 1.165) is 17.7 Å². The number of aromatic nitrogens is 2. The Morgan fingerprint density at radius 3 is 2.69 bits per heavy atom. The molecule has 0 spiro atoms. The van der Waals surface area contributed by atoms with E-state index in [1.807, 2.05) is 36.4 Å². The summed E-state index contributed by atoms with van der Waals surface area (Å²) in [4.78, 5) is 15.9. The van der Waals surface area contributed by atoms with Crippen LogP contribution in [0, 0.1) is 0 Å². The number of carbonyl (C=O) groups is 1. The molecule has 32 heavy (non-hydrogen) atoms. The van der Waals surface area contributed by atoms with E-state index in [1.54, 1.807) is 18.2 Å². The van der Waals surface area contributed by atoms with Crippen LogP contribution in [-0.2, 0) is 11.2 Å². The molecular formula is C24H21ClN2O5. The number of carboxylic acid groups (broad SMARTS) is 1. The van der Waals surface area contributed by atoms with Crippen LogP contribution < -0.4 is 9.47 Å². The summed E-state index contributed by atoms with van der Waals surface area (Å²) in [6.07, 6.45) is 0.531. The Balaban J connectivity index is 1.74. The van der Waals surface area contributed by atoms with E-state index in [1.165, 1.54) is 6.92 Å². The summed E-state index contributed by atoms with van der Waals surface area (Å²) in [5, 5.41) is 14.3. The summed E-state index contributed by atoms with van der Waals surface area (Å²) >= 11 is 6.25. The highest BCUT2D eigenvalue weighted by Crippen LogP contribution is 2.37. The second-order valence-corrected chi connectivity index (χ2v) is 7.62. The molecule has 0 unspecified atom stereocenters. The summed E-state index contributed by atoms with van der Waals surface area (Å²) in [6.45, 7) is 3.50. The Kier molecular flexibility index (Phi) is 6.28. The van der Waals surface area contributed by atoms with Crippen molar-refractivity contribution in [2.75, 3.05) is 0 Å². The molecule has 4 rings (SSSR count). The molecule has 0 aliphatic carbocycles. The van der Waals surface area contributed by atoms with Crippen LogP contribution in [-0.4, -0.2) is 27.3 Å². The summed E-state index contributed by atoms with van der Waals surface area (Å²) in [5.74, 6) is 0.340. The number of hydrogen-bond acceptors (Lipinski definition) is 6. The third-order valence-electron chi connectivity index (χ3n) is 4.83. The lowest BCUT2D eigenvalue weighted by Crippen LogP contribution is -2.22. The molecule has 7 nitrogen and oxygen atoms in total. The zero-order chi connectivity index (χ0) is 22.7. The van der Waals surface area contributed by atoms with Crippen molar-refractivity contribution < 1.29 is 23.9 Å². The van der Waals surface area contributed by atoms with Crippen LogP contribution in [0.5, 0.6) is 17.4 Å². The first-order valence-electron chi connectivity index (χ1n) is 10.2. The number of rotatable bonds is 8. The van der Waals surface area contributed by atoms with Gasteiger partial charge in [0.05, 0.1) is 16.1 Å². The number of benzene rings is 2. The van der Waals surface area contributed by atoms with Crippen molar-refractivity contribution in [3.8, 4) is 28.6 Å². The van der Waals surface area contributed by atoms with E-state index < -0.39 is 12.1 Å². The number of carboxylic acids is 1. The third-order valence-corrected chi connectivity index (χ3v) is 5.13. The lowest BCUT2D eigenvalue weighted by atomic mass is 10.0. The molecule has 1 atom stereocenters. The number of hydrogen-bond donors (Lipinski definition) is 1. The Hall–Kier alpha value is -3.58. The van der Waals surface area contributed by atoms with Gasteiger partial charge < -0.3 is 19.1 Å². The van der Waals surface area contributed by atoms with Crippen LogP contribution in [0.25, 0.3) is 22.2 Å². The van der Waals surface area contributed by atoms with Crippen molar-refractivity contribution in [3.63, 3.8) is 0 Å². The predicted molar refractivity (Wildman–Crippen MR) is 120 cm³/mol. The van der Waals surface area contributed by atoms with Gasteiger partial charge >= 0.3 is 5.97 Å². The molecule has 1 N–H and O–H groups in total. The maximum Gasteiger partial charge on any atom is 0.344 e. The van der Waals surface area contributed by atoms with Gasteiger partial charge in [-0.2, -0.15) is 0 Å². The summed E-state index contributed by atoms with van der Waals surface area (Å²) in [7, 11) is 0. The van der Waals surface area contributed by atoms with Gasteiger partial charge in [0, 0.05) is 17.7 Å². The number of fused-ring (bicyclic) bond motifs is 1. The molecule has 0 aliphatic rings. The van der Waals surface area contributed by atoms with E-state index in [0.29, 0.717) is 34.7 Å². The number of para-hydroxylation sites is 1. The minimum Gasteiger partial charge on any atom is -0.479 e. The standard InChI is InChI=1S/C24H21ClN2O5/c1-3-7-19-16(10-11-22(26-19)31-15-8-5-4-6-9-15)23-17-12-21(30-14(2)24(28)29)18(25)13-20(17)32-27-23/h4-6,8-14H,3,7H2,1-2H3,(H,28,29)/t14-/m0/s1.